The fourth-order valence-corrected chi connectivity index (χ4v) is 1.46. The third kappa shape index (κ3) is 1.48. The number of halogens is 1. The fraction of sp³-hybridized carbons (Fsp3) is 0.222. The third-order valence-electron chi connectivity index (χ3n) is 1.95. The van der Waals surface area contributed by atoms with Crippen LogP contribution < -0.4 is 0 Å². The van der Waals surface area contributed by atoms with E-state index < -0.39 is 0 Å². The highest BCUT2D eigenvalue weighted by Crippen LogP contribution is 2.22. The minimum absolute atomic E-state index is 0.405. The zero-order valence-electron chi connectivity index (χ0n) is 7.68. The van der Waals surface area contributed by atoms with Gasteiger partial charge >= 0.3 is 0 Å². The monoisotopic (exact) mass is 208 g/mol. The minimum Gasteiger partial charge on any atom is -0.330 e. The molecule has 0 N–H and O–H groups in total. The van der Waals surface area contributed by atoms with Gasteiger partial charge < -0.3 is 4.57 Å². The molecule has 0 aromatic carbocycles. The van der Waals surface area contributed by atoms with Crippen molar-refractivity contribution >= 4 is 11.6 Å². The summed E-state index contributed by atoms with van der Waals surface area (Å²) in [6, 6.07) is 0. The smallest absolute Gasteiger partial charge is 0.156 e. The molecule has 0 saturated heterocycles. The summed E-state index contributed by atoms with van der Waals surface area (Å²) in [4.78, 5) is 12.2. The van der Waals surface area contributed by atoms with Gasteiger partial charge in [0.15, 0.2) is 5.15 Å². The Hall–Kier alpha value is -1.42. The summed E-state index contributed by atoms with van der Waals surface area (Å²) in [5.41, 5.74) is 1.57. The van der Waals surface area contributed by atoms with Crippen LogP contribution in [0.5, 0.6) is 0 Å². The molecule has 0 radical (unpaired) electrons. The predicted octanol–water partition coefficient (Wildman–Crippen LogP) is 2.01. The van der Waals surface area contributed by atoms with Gasteiger partial charge in [0.1, 0.15) is 5.69 Å². The first kappa shape index (κ1) is 9.15. The molecule has 14 heavy (non-hydrogen) atoms. The molecule has 0 saturated carbocycles. The van der Waals surface area contributed by atoms with Gasteiger partial charge in [0.25, 0.3) is 0 Å². The minimum atomic E-state index is 0.405. The van der Waals surface area contributed by atoms with Gasteiger partial charge in [-0.15, -0.1) is 0 Å². The first-order valence-corrected chi connectivity index (χ1v) is 4.67. The molecule has 0 aliphatic rings. The van der Waals surface area contributed by atoms with Gasteiger partial charge in [-0.05, 0) is 6.92 Å². The van der Waals surface area contributed by atoms with Crippen molar-refractivity contribution in [1.82, 2.24) is 19.5 Å². The summed E-state index contributed by atoms with van der Waals surface area (Å²) in [5.74, 6) is 0. The Kier molecular flexibility index (Phi) is 2.45. The molecule has 2 heterocycles. The molecular formula is C9H9ClN4. The van der Waals surface area contributed by atoms with Gasteiger partial charge in [-0.2, -0.15) is 0 Å². The molecule has 0 spiro atoms. The van der Waals surface area contributed by atoms with Gasteiger partial charge in [0.05, 0.1) is 18.2 Å². The summed E-state index contributed by atoms with van der Waals surface area (Å²) < 4.78 is 1.97. The van der Waals surface area contributed by atoms with Crippen LogP contribution in [-0.4, -0.2) is 19.5 Å². The quantitative estimate of drug-likeness (QED) is 0.759. The Morgan fingerprint density at radius 1 is 1.36 bits per heavy atom. The highest BCUT2D eigenvalue weighted by atomic mass is 35.5. The molecule has 2 rings (SSSR count). The van der Waals surface area contributed by atoms with Crippen LogP contribution in [0.2, 0.25) is 5.15 Å². The number of rotatable bonds is 2. The molecule has 2 aromatic heterocycles. The molecule has 5 heteroatoms. The summed E-state index contributed by atoms with van der Waals surface area (Å²) in [6.45, 7) is 2.87. The SMILES string of the molecule is CCn1cncc1-c1nccnc1Cl. The average Bonchev–Trinajstić information content (AvgIpc) is 2.66. The van der Waals surface area contributed by atoms with Crippen molar-refractivity contribution in [3.63, 3.8) is 0 Å². The van der Waals surface area contributed by atoms with Crippen molar-refractivity contribution in [3.05, 3.63) is 30.1 Å². The van der Waals surface area contributed by atoms with E-state index in [0.717, 1.165) is 12.2 Å². The van der Waals surface area contributed by atoms with Crippen LogP contribution in [0, 0.1) is 0 Å². The van der Waals surface area contributed by atoms with E-state index in [1.165, 1.54) is 0 Å². The number of nitrogens with zero attached hydrogens (tertiary/aromatic N) is 4. The Balaban J connectivity index is 2.54. The van der Waals surface area contributed by atoms with Crippen molar-refractivity contribution in [2.24, 2.45) is 0 Å². The Morgan fingerprint density at radius 2 is 2.14 bits per heavy atom. The van der Waals surface area contributed by atoms with Crippen LogP contribution in [0.3, 0.4) is 0 Å². The Labute approximate surface area is 86.6 Å². The van der Waals surface area contributed by atoms with Gasteiger partial charge in [-0.1, -0.05) is 11.6 Å². The number of aromatic nitrogens is 4. The van der Waals surface area contributed by atoms with E-state index in [1.54, 1.807) is 24.9 Å². The maximum Gasteiger partial charge on any atom is 0.156 e. The largest absolute Gasteiger partial charge is 0.330 e. The second-order valence-electron chi connectivity index (χ2n) is 2.76. The maximum absolute atomic E-state index is 5.93. The zero-order chi connectivity index (χ0) is 9.97. The van der Waals surface area contributed by atoms with Crippen LogP contribution in [-0.2, 0) is 6.54 Å². The topological polar surface area (TPSA) is 43.6 Å². The van der Waals surface area contributed by atoms with E-state index in [0.29, 0.717) is 10.8 Å². The van der Waals surface area contributed by atoms with Crippen LogP contribution in [0.25, 0.3) is 11.4 Å². The molecule has 72 valence electrons. The standard InChI is InChI=1S/C9H9ClN4/c1-2-14-6-11-5-7(14)8-9(10)13-4-3-12-8/h3-6H,2H2,1H3. The summed E-state index contributed by atoms with van der Waals surface area (Å²) >= 11 is 5.93. The molecule has 2 aromatic rings. The first-order chi connectivity index (χ1) is 6.83. The van der Waals surface area contributed by atoms with E-state index in [1.807, 2.05) is 11.5 Å². The van der Waals surface area contributed by atoms with Gasteiger partial charge in [0, 0.05) is 18.9 Å². The Morgan fingerprint density at radius 3 is 2.86 bits per heavy atom. The fourth-order valence-electron chi connectivity index (χ4n) is 1.26. The van der Waals surface area contributed by atoms with Crippen LogP contribution in [0.4, 0.5) is 0 Å². The van der Waals surface area contributed by atoms with Crippen molar-refractivity contribution < 1.29 is 0 Å². The summed E-state index contributed by atoms with van der Waals surface area (Å²) in [6.07, 6.45) is 6.67. The van der Waals surface area contributed by atoms with Crippen LogP contribution in [0.15, 0.2) is 24.9 Å². The molecule has 0 unspecified atom stereocenters. The number of aryl methyl sites for hydroxylation is 1. The lowest BCUT2D eigenvalue weighted by atomic mass is 10.3. The van der Waals surface area contributed by atoms with Crippen LogP contribution >= 0.6 is 11.6 Å². The highest BCUT2D eigenvalue weighted by Gasteiger charge is 2.09. The summed E-state index contributed by atoms with van der Waals surface area (Å²) in [5, 5.41) is 0.405. The Bertz CT molecular complexity index is 438. The van der Waals surface area contributed by atoms with Crippen molar-refractivity contribution in [2.45, 2.75) is 13.5 Å². The number of imidazole rings is 1. The lowest BCUT2D eigenvalue weighted by Gasteiger charge is -2.04. The normalized spacial score (nSPS) is 10.4. The van der Waals surface area contributed by atoms with Crippen LogP contribution in [0.1, 0.15) is 6.92 Å². The average molecular weight is 209 g/mol. The highest BCUT2D eigenvalue weighted by molar-refractivity contribution is 6.31. The molecule has 0 amide bonds. The van der Waals surface area contributed by atoms with Crippen molar-refractivity contribution in [1.29, 1.82) is 0 Å². The van der Waals surface area contributed by atoms with E-state index >= 15 is 0 Å². The number of hydrogen-bond acceptors (Lipinski definition) is 3. The lowest BCUT2D eigenvalue weighted by Crippen LogP contribution is -1.97. The van der Waals surface area contributed by atoms with Gasteiger partial charge in [-0.3, -0.25) is 0 Å². The molecule has 0 bridgehead atoms. The molecule has 0 atom stereocenters. The molecule has 0 aliphatic heterocycles. The van der Waals surface area contributed by atoms with Crippen molar-refractivity contribution in [3.8, 4) is 11.4 Å². The predicted molar refractivity (Wildman–Crippen MR) is 53.9 cm³/mol. The third-order valence-corrected chi connectivity index (χ3v) is 2.23. The lowest BCUT2D eigenvalue weighted by molar-refractivity contribution is 0.766. The van der Waals surface area contributed by atoms with E-state index in [4.69, 9.17) is 11.6 Å². The first-order valence-electron chi connectivity index (χ1n) is 4.30. The van der Waals surface area contributed by atoms with Crippen molar-refractivity contribution in [2.75, 3.05) is 0 Å². The molecule has 0 aliphatic carbocycles. The van der Waals surface area contributed by atoms with E-state index in [9.17, 15) is 0 Å². The molecular weight excluding hydrogens is 200 g/mol. The molecule has 4 nitrogen and oxygen atoms in total. The van der Waals surface area contributed by atoms with E-state index in [2.05, 4.69) is 15.0 Å². The van der Waals surface area contributed by atoms with E-state index in [-0.39, 0.29) is 0 Å². The molecule has 0 fully saturated rings. The second-order valence-corrected chi connectivity index (χ2v) is 3.12. The van der Waals surface area contributed by atoms with Gasteiger partial charge in [0.2, 0.25) is 0 Å². The maximum atomic E-state index is 5.93. The second kappa shape index (κ2) is 3.75. The number of hydrogen-bond donors (Lipinski definition) is 0. The van der Waals surface area contributed by atoms with Gasteiger partial charge in [-0.25, -0.2) is 15.0 Å². The summed E-state index contributed by atoms with van der Waals surface area (Å²) in [7, 11) is 0. The zero-order valence-corrected chi connectivity index (χ0v) is 8.44.